The zero-order valence-electron chi connectivity index (χ0n) is 14.5. The SMILES string of the molecule is CCCCCCCCCCCCC(C)C(=O)c1scc(Br)c1Br. The lowest BCUT2D eigenvalue weighted by atomic mass is 9.97. The first-order valence-corrected chi connectivity index (χ1v) is 11.5. The zero-order valence-corrected chi connectivity index (χ0v) is 18.5. The molecule has 23 heavy (non-hydrogen) atoms. The Kier molecular flexibility index (Phi) is 11.8. The molecule has 4 heteroatoms. The van der Waals surface area contributed by atoms with Gasteiger partial charge in [0.05, 0.1) is 9.35 Å². The van der Waals surface area contributed by atoms with Gasteiger partial charge in [0, 0.05) is 15.8 Å². The maximum Gasteiger partial charge on any atom is 0.176 e. The van der Waals surface area contributed by atoms with Gasteiger partial charge in [-0.2, -0.15) is 0 Å². The van der Waals surface area contributed by atoms with Crippen LogP contribution in [0.2, 0.25) is 0 Å². The lowest BCUT2D eigenvalue weighted by Gasteiger charge is -2.09. The molecule has 0 fully saturated rings. The predicted molar refractivity (Wildman–Crippen MR) is 110 cm³/mol. The molecule has 1 rings (SSSR count). The number of ketones is 1. The lowest BCUT2D eigenvalue weighted by molar-refractivity contribution is 0.0925. The molecule has 0 spiro atoms. The molecule has 1 atom stereocenters. The highest BCUT2D eigenvalue weighted by atomic mass is 79.9. The fraction of sp³-hybridized carbons (Fsp3) is 0.737. The molecule has 0 aromatic carbocycles. The first-order valence-electron chi connectivity index (χ1n) is 9.04. The van der Waals surface area contributed by atoms with E-state index in [0.29, 0.717) is 0 Å². The van der Waals surface area contributed by atoms with E-state index < -0.39 is 0 Å². The molecule has 1 heterocycles. The fourth-order valence-electron chi connectivity index (χ4n) is 2.78. The van der Waals surface area contributed by atoms with E-state index in [1.165, 1.54) is 75.5 Å². The maximum atomic E-state index is 12.4. The Morgan fingerprint density at radius 3 is 2.00 bits per heavy atom. The van der Waals surface area contributed by atoms with E-state index in [1.54, 1.807) is 0 Å². The monoisotopic (exact) mass is 464 g/mol. The Labute approximate surface area is 162 Å². The summed E-state index contributed by atoms with van der Waals surface area (Å²) in [6.07, 6.45) is 14.4. The van der Waals surface area contributed by atoms with Crippen LogP contribution in [0, 0.1) is 5.92 Å². The van der Waals surface area contributed by atoms with Gasteiger partial charge in [0.15, 0.2) is 5.78 Å². The smallest absolute Gasteiger partial charge is 0.176 e. The standard InChI is InChI=1S/C19H30Br2OS/c1-3-4-5-6-7-8-9-10-11-12-13-15(2)18(22)19-17(21)16(20)14-23-19/h14-15H,3-13H2,1-2H3. The Morgan fingerprint density at radius 1 is 1.00 bits per heavy atom. The molecule has 1 nitrogen and oxygen atoms in total. The molecule has 1 aromatic heterocycles. The minimum absolute atomic E-state index is 0.130. The predicted octanol–water partition coefficient (Wildman–Crippen LogP) is 8.40. The number of unbranched alkanes of at least 4 members (excludes halogenated alkanes) is 9. The third kappa shape index (κ3) is 8.31. The molecule has 0 aliphatic heterocycles. The molecule has 0 saturated heterocycles. The summed E-state index contributed by atoms with van der Waals surface area (Å²) in [5.41, 5.74) is 0. The largest absolute Gasteiger partial charge is 0.293 e. The number of carbonyl (C=O) groups excluding carboxylic acids is 1. The van der Waals surface area contributed by atoms with Crippen molar-refractivity contribution < 1.29 is 4.79 Å². The van der Waals surface area contributed by atoms with E-state index in [2.05, 4.69) is 45.7 Å². The van der Waals surface area contributed by atoms with Gasteiger partial charge in [0.2, 0.25) is 0 Å². The van der Waals surface area contributed by atoms with Gasteiger partial charge in [-0.3, -0.25) is 4.79 Å². The normalized spacial score (nSPS) is 12.5. The van der Waals surface area contributed by atoms with Gasteiger partial charge in [-0.15, -0.1) is 11.3 Å². The molecule has 0 saturated carbocycles. The zero-order chi connectivity index (χ0) is 17.1. The first-order chi connectivity index (χ1) is 11.1. The summed E-state index contributed by atoms with van der Waals surface area (Å²) < 4.78 is 1.90. The van der Waals surface area contributed by atoms with Gasteiger partial charge >= 0.3 is 0 Å². The molecule has 0 aliphatic rings. The first kappa shape index (κ1) is 21.4. The Bertz CT molecular complexity index is 456. The molecule has 0 amide bonds. The number of hydrogen-bond acceptors (Lipinski definition) is 2. The molecular formula is C19H30Br2OS. The topological polar surface area (TPSA) is 17.1 Å². The third-order valence-corrected chi connectivity index (χ3v) is 7.89. The second-order valence-electron chi connectivity index (χ2n) is 6.46. The van der Waals surface area contributed by atoms with Crippen molar-refractivity contribution in [1.82, 2.24) is 0 Å². The summed E-state index contributed by atoms with van der Waals surface area (Å²) in [6, 6.07) is 0. The van der Waals surface area contributed by atoms with Crippen LogP contribution in [0.4, 0.5) is 0 Å². The molecule has 0 aliphatic carbocycles. The van der Waals surface area contributed by atoms with Crippen LogP contribution in [-0.2, 0) is 0 Å². The number of halogens is 2. The van der Waals surface area contributed by atoms with Crippen molar-refractivity contribution in [3.8, 4) is 0 Å². The number of rotatable bonds is 13. The molecule has 0 radical (unpaired) electrons. The van der Waals surface area contributed by atoms with Gasteiger partial charge < -0.3 is 0 Å². The summed E-state index contributed by atoms with van der Waals surface area (Å²) in [4.78, 5) is 13.3. The highest BCUT2D eigenvalue weighted by Gasteiger charge is 2.20. The molecule has 0 bridgehead atoms. The molecule has 0 N–H and O–H groups in total. The number of thiophene rings is 1. The Balaban J connectivity index is 2.07. The number of Topliss-reactive ketones (excluding diaryl/α,β-unsaturated/α-hetero) is 1. The van der Waals surface area contributed by atoms with Crippen molar-refractivity contribution in [2.24, 2.45) is 5.92 Å². The van der Waals surface area contributed by atoms with Crippen molar-refractivity contribution in [1.29, 1.82) is 0 Å². The fourth-order valence-corrected chi connectivity index (χ4v) is 5.00. The van der Waals surface area contributed by atoms with E-state index in [9.17, 15) is 4.79 Å². The number of carbonyl (C=O) groups is 1. The van der Waals surface area contributed by atoms with E-state index in [4.69, 9.17) is 0 Å². The summed E-state index contributed by atoms with van der Waals surface area (Å²) in [7, 11) is 0. The Hall–Kier alpha value is 0.330. The van der Waals surface area contributed by atoms with E-state index >= 15 is 0 Å². The maximum absolute atomic E-state index is 12.4. The minimum Gasteiger partial charge on any atom is -0.293 e. The molecule has 132 valence electrons. The Morgan fingerprint density at radius 2 is 1.52 bits per heavy atom. The van der Waals surface area contributed by atoms with Crippen LogP contribution in [-0.4, -0.2) is 5.78 Å². The van der Waals surface area contributed by atoms with Crippen molar-refractivity contribution in [2.75, 3.05) is 0 Å². The van der Waals surface area contributed by atoms with Crippen LogP contribution in [0.15, 0.2) is 14.3 Å². The van der Waals surface area contributed by atoms with Crippen LogP contribution in [0.25, 0.3) is 0 Å². The second kappa shape index (κ2) is 12.7. The second-order valence-corrected chi connectivity index (χ2v) is 8.99. The highest BCUT2D eigenvalue weighted by molar-refractivity contribution is 9.13. The van der Waals surface area contributed by atoms with Crippen molar-refractivity contribution in [3.63, 3.8) is 0 Å². The quantitative estimate of drug-likeness (QED) is 0.211. The highest BCUT2D eigenvalue weighted by Crippen LogP contribution is 2.34. The average molecular weight is 466 g/mol. The van der Waals surface area contributed by atoms with Gasteiger partial charge in [-0.25, -0.2) is 0 Å². The van der Waals surface area contributed by atoms with Crippen molar-refractivity contribution in [3.05, 3.63) is 19.2 Å². The molecule has 1 unspecified atom stereocenters. The van der Waals surface area contributed by atoms with Crippen molar-refractivity contribution >= 4 is 49.0 Å². The third-order valence-electron chi connectivity index (χ3n) is 4.35. The van der Waals surface area contributed by atoms with Crippen LogP contribution >= 0.6 is 43.2 Å². The van der Waals surface area contributed by atoms with E-state index in [1.807, 2.05) is 5.38 Å². The van der Waals surface area contributed by atoms with E-state index in [0.717, 1.165) is 20.2 Å². The van der Waals surface area contributed by atoms with Crippen LogP contribution in [0.3, 0.4) is 0 Å². The summed E-state index contributed by atoms with van der Waals surface area (Å²) in [5.74, 6) is 0.411. The summed E-state index contributed by atoms with van der Waals surface area (Å²) >= 11 is 8.47. The number of hydrogen-bond donors (Lipinski definition) is 0. The van der Waals surface area contributed by atoms with Gasteiger partial charge in [0.25, 0.3) is 0 Å². The van der Waals surface area contributed by atoms with Gasteiger partial charge in [-0.1, -0.05) is 78.1 Å². The van der Waals surface area contributed by atoms with Crippen LogP contribution in [0.1, 0.15) is 94.1 Å². The van der Waals surface area contributed by atoms with Gasteiger partial charge in [-0.05, 0) is 38.3 Å². The summed E-state index contributed by atoms with van der Waals surface area (Å²) in [5, 5.41) is 1.98. The van der Waals surface area contributed by atoms with Gasteiger partial charge in [0.1, 0.15) is 0 Å². The lowest BCUT2D eigenvalue weighted by Crippen LogP contribution is -2.10. The van der Waals surface area contributed by atoms with Crippen molar-refractivity contribution in [2.45, 2.75) is 84.5 Å². The molecular weight excluding hydrogens is 436 g/mol. The summed E-state index contributed by atoms with van der Waals surface area (Å²) in [6.45, 7) is 4.33. The van der Waals surface area contributed by atoms with E-state index in [-0.39, 0.29) is 11.7 Å². The molecule has 1 aromatic rings. The average Bonchev–Trinajstić information content (AvgIpc) is 2.87. The minimum atomic E-state index is 0.130. The van der Waals surface area contributed by atoms with Crippen LogP contribution in [0.5, 0.6) is 0 Å². The van der Waals surface area contributed by atoms with Crippen LogP contribution < -0.4 is 0 Å².